The third-order valence-corrected chi connectivity index (χ3v) is 3.49. The van der Waals surface area contributed by atoms with Gasteiger partial charge in [0, 0.05) is 11.3 Å². The van der Waals surface area contributed by atoms with Crippen molar-refractivity contribution in [1.29, 1.82) is 0 Å². The minimum atomic E-state index is -0.512. The highest BCUT2D eigenvalue weighted by atomic mass is 35.5. The standard InChI is InChI=1S/C14H11ClFN5/c1-8-4-2-5-9(12(8)17)14-18-19-20-21(14)13-10(15)6-3-7-11(13)16/h2-7H,17H2,1H3. The van der Waals surface area contributed by atoms with Crippen molar-refractivity contribution in [2.24, 2.45) is 0 Å². The first-order valence-corrected chi connectivity index (χ1v) is 6.55. The molecule has 0 spiro atoms. The number of rotatable bonds is 2. The second-order valence-electron chi connectivity index (χ2n) is 4.52. The van der Waals surface area contributed by atoms with Gasteiger partial charge in [0.25, 0.3) is 0 Å². The number of hydrogen-bond donors (Lipinski definition) is 1. The molecule has 0 aliphatic rings. The molecule has 0 aliphatic heterocycles. The first-order valence-electron chi connectivity index (χ1n) is 6.18. The molecule has 106 valence electrons. The van der Waals surface area contributed by atoms with Crippen molar-refractivity contribution in [2.45, 2.75) is 6.92 Å². The molecule has 0 bridgehead atoms. The zero-order valence-electron chi connectivity index (χ0n) is 11.1. The van der Waals surface area contributed by atoms with Crippen LogP contribution in [0.1, 0.15) is 5.56 Å². The quantitative estimate of drug-likeness (QED) is 0.739. The van der Waals surface area contributed by atoms with Crippen molar-refractivity contribution in [3.05, 3.63) is 52.8 Å². The largest absolute Gasteiger partial charge is 0.398 e. The Morgan fingerprint density at radius 1 is 1.19 bits per heavy atom. The van der Waals surface area contributed by atoms with Gasteiger partial charge in [-0.05, 0) is 41.1 Å². The van der Waals surface area contributed by atoms with Gasteiger partial charge in [-0.2, -0.15) is 4.68 Å². The normalized spacial score (nSPS) is 10.8. The van der Waals surface area contributed by atoms with Crippen molar-refractivity contribution in [3.8, 4) is 17.1 Å². The zero-order chi connectivity index (χ0) is 15.0. The van der Waals surface area contributed by atoms with Crippen LogP contribution >= 0.6 is 11.6 Å². The summed E-state index contributed by atoms with van der Waals surface area (Å²) in [6, 6.07) is 9.88. The molecule has 2 aromatic carbocycles. The first-order chi connectivity index (χ1) is 10.1. The molecule has 1 aromatic heterocycles. The summed E-state index contributed by atoms with van der Waals surface area (Å²) >= 11 is 6.06. The number of nitrogens with zero attached hydrogens (tertiary/aromatic N) is 4. The molecule has 0 unspecified atom stereocenters. The number of anilines is 1. The van der Waals surface area contributed by atoms with Crippen molar-refractivity contribution < 1.29 is 4.39 Å². The molecule has 0 atom stereocenters. The molecule has 21 heavy (non-hydrogen) atoms. The van der Waals surface area contributed by atoms with Gasteiger partial charge in [-0.15, -0.1) is 5.10 Å². The van der Waals surface area contributed by atoms with Crippen molar-refractivity contribution >= 4 is 17.3 Å². The smallest absolute Gasteiger partial charge is 0.189 e. The Bertz CT molecular complexity index is 795. The summed E-state index contributed by atoms with van der Waals surface area (Å²) in [6.45, 7) is 1.88. The first kappa shape index (κ1) is 13.5. The molecular weight excluding hydrogens is 293 g/mol. The summed E-state index contributed by atoms with van der Waals surface area (Å²) in [6.07, 6.45) is 0. The lowest BCUT2D eigenvalue weighted by molar-refractivity contribution is 0.608. The molecule has 0 saturated carbocycles. The lowest BCUT2D eigenvalue weighted by atomic mass is 10.1. The fourth-order valence-corrected chi connectivity index (χ4v) is 2.32. The average molecular weight is 304 g/mol. The van der Waals surface area contributed by atoms with E-state index in [1.54, 1.807) is 12.1 Å². The average Bonchev–Trinajstić information content (AvgIpc) is 2.91. The van der Waals surface area contributed by atoms with Crippen molar-refractivity contribution in [2.75, 3.05) is 5.73 Å². The van der Waals surface area contributed by atoms with E-state index < -0.39 is 5.82 Å². The van der Waals surface area contributed by atoms with Gasteiger partial charge >= 0.3 is 0 Å². The number of halogens is 2. The Hall–Kier alpha value is -2.47. The monoisotopic (exact) mass is 303 g/mol. The van der Waals surface area contributed by atoms with Crippen LogP contribution in [0, 0.1) is 12.7 Å². The van der Waals surface area contributed by atoms with Gasteiger partial charge in [-0.1, -0.05) is 29.8 Å². The number of tetrazole rings is 1. The van der Waals surface area contributed by atoms with Gasteiger partial charge in [0.15, 0.2) is 11.6 Å². The molecule has 2 N–H and O–H groups in total. The van der Waals surface area contributed by atoms with Crippen LogP contribution in [0.3, 0.4) is 0 Å². The third-order valence-electron chi connectivity index (χ3n) is 3.18. The molecule has 0 aliphatic carbocycles. The van der Waals surface area contributed by atoms with Crippen LogP contribution in [0.5, 0.6) is 0 Å². The van der Waals surface area contributed by atoms with E-state index in [4.69, 9.17) is 17.3 Å². The molecule has 0 amide bonds. The Balaban J connectivity index is 2.25. The molecule has 3 aromatic rings. The topological polar surface area (TPSA) is 69.6 Å². The molecule has 0 saturated heterocycles. The summed E-state index contributed by atoms with van der Waals surface area (Å²) in [4.78, 5) is 0. The zero-order valence-corrected chi connectivity index (χ0v) is 11.8. The van der Waals surface area contributed by atoms with Crippen LogP contribution in [0.4, 0.5) is 10.1 Å². The van der Waals surface area contributed by atoms with E-state index in [0.29, 0.717) is 17.1 Å². The van der Waals surface area contributed by atoms with Gasteiger partial charge < -0.3 is 5.73 Å². The van der Waals surface area contributed by atoms with Crippen molar-refractivity contribution in [1.82, 2.24) is 20.2 Å². The van der Waals surface area contributed by atoms with Crippen LogP contribution in [-0.2, 0) is 0 Å². The van der Waals surface area contributed by atoms with Gasteiger partial charge in [0.2, 0.25) is 0 Å². The van der Waals surface area contributed by atoms with E-state index in [1.807, 2.05) is 19.1 Å². The maximum Gasteiger partial charge on any atom is 0.189 e. The Kier molecular flexibility index (Phi) is 3.31. The minimum absolute atomic E-state index is 0.0973. The number of hydrogen-bond acceptors (Lipinski definition) is 4. The molecule has 1 heterocycles. The highest BCUT2D eigenvalue weighted by Gasteiger charge is 2.18. The number of nitrogens with two attached hydrogens (primary N) is 1. The second-order valence-corrected chi connectivity index (χ2v) is 4.93. The van der Waals surface area contributed by atoms with Gasteiger partial charge in [0.05, 0.1) is 5.02 Å². The van der Waals surface area contributed by atoms with Crippen LogP contribution in [0.25, 0.3) is 17.1 Å². The maximum absolute atomic E-state index is 14.1. The van der Waals surface area contributed by atoms with Crippen LogP contribution in [-0.4, -0.2) is 20.2 Å². The Morgan fingerprint density at radius 2 is 1.95 bits per heavy atom. The number of para-hydroxylation sites is 2. The summed E-state index contributed by atoms with van der Waals surface area (Å²) in [5.41, 5.74) is 8.22. The minimum Gasteiger partial charge on any atom is -0.398 e. The summed E-state index contributed by atoms with van der Waals surface area (Å²) < 4.78 is 15.3. The lowest BCUT2D eigenvalue weighted by Crippen LogP contribution is -2.05. The van der Waals surface area contributed by atoms with Crippen LogP contribution in [0.15, 0.2) is 36.4 Å². The number of aryl methyl sites for hydroxylation is 1. The molecule has 3 rings (SSSR count). The fraction of sp³-hybridized carbons (Fsp3) is 0.0714. The third kappa shape index (κ3) is 2.23. The predicted molar refractivity (Wildman–Crippen MR) is 78.7 cm³/mol. The molecule has 0 radical (unpaired) electrons. The van der Waals surface area contributed by atoms with Crippen LogP contribution < -0.4 is 5.73 Å². The highest BCUT2D eigenvalue weighted by Crippen LogP contribution is 2.30. The number of aromatic nitrogens is 4. The molecule has 0 fully saturated rings. The van der Waals surface area contributed by atoms with E-state index in [0.717, 1.165) is 5.56 Å². The Morgan fingerprint density at radius 3 is 2.71 bits per heavy atom. The summed E-state index contributed by atoms with van der Waals surface area (Å²) in [5, 5.41) is 11.6. The summed E-state index contributed by atoms with van der Waals surface area (Å²) in [5.74, 6) is -0.175. The van der Waals surface area contributed by atoms with Gasteiger partial charge in [0.1, 0.15) is 5.69 Å². The predicted octanol–water partition coefficient (Wildman–Crippen LogP) is 3.01. The van der Waals surface area contributed by atoms with Crippen molar-refractivity contribution in [3.63, 3.8) is 0 Å². The fourth-order valence-electron chi connectivity index (χ4n) is 2.07. The Labute approximate surface area is 125 Å². The SMILES string of the molecule is Cc1cccc(-c2nnnn2-c2c(F)cccc2Cl)c1N. The number of nitrogen functional groups attached to an aromatic ring is 1. The molecule has 5 nitrogen and oxygen atoms in total. The molecular formula is C14H11ClFN5. The van der Waals surface area contributed by atoms with Gasteiger partial charge in [-0.25, -0.2) is 4.39 Å². The highest BCUT2D eigenvalue weighted by molar-refractivity contribution is 6.32. The molecule has 7 heteroatoms. The van der Waals surface area contributed by atoms with E-state index in [1.165, 1.54) is 16.8 Å². The summed E-state index contributed by atoms with van der Waals surface area (Å²) in [7, 11) is 0. The maximum atomic E-state index is 14.1. The van der Waals surface area contributed by atoms with E-state index in [9.17, 15) is 4.39 Å². The number of benzene rings is 2. The van der Waals surface area contributed by atoms with E-state index >= 15 is 0 Å². The van der Waals surface area contributed by atoms with Gasteiger partial charge in [-0.3, -0.25) is 0 Å². The second kappa shape index (κ2) is 5.14. The van der Waals surface area contributed by atoms with E-state index in [-0.39, 0.29) is 10.7 Å². The van der Waals surface area contributed by atoms with E-state index in [2.05, 4.69) is 15.5 Å². The van der Waals surface area contributed by atoms with Crippen LogP contribution in [0.2, 0.25) is 5.02 Å². The lowest BCUT2D eigenvalue weighted by Gasteiger charge is -2.10.